The van der Waals surface area contributed by atoms with Gasteiger partial charge in [-0.3, -0.25) is 4.90 Å². The Hall–Kier alpha value is -0.750. The van der Waals surface area contributed by atoms with Gasteiger partial charge in [-0.25, -0.2) is 0 Å². The molecule has 1 fully saturated rings. The van der Waals surface area contributed by atoms with Crippen molar-refractivity contribution in [3.05, 3.63) is 28.2 Å². The lowest BCUT2D eigenvalue weighted by molar-refractivity contribution is -0.185. The van der Waals surface area contributed by atoms with Crippen molar-refractivity contribution in [1.82, 2.24) is 4.90 Å². The van der Waals surface area contributed by atoms with Gasteiger partial charge in [0.1, 0.15) is 5.75 Å². The highest BCUT2D eigenvalue weighted by molar-refractivity contribution is 9.10. The van der Waals surface area contributed by atoms with Crippen molar-refractivity contribution in [3.8, 4) is 5.75 Å². The monoisotopic (exact) mass is 365 g/mol. The number of alkyl halides is 3. The second kappa shape index (κ2) is 7.01. The number of benzene rings is 1. The molecule has 0 aromatic heterocycles. The number of piperidine rings is 1. The van der Waals surface area contributed by atoms with E-state index in [4.69, 9.17) is 4.74 Å². The van der Waals surface area contributed by atoms with E-state index < -0.39 is 12.1 Å². The van der Waals surface area contributed by atoms with E-state index in [2.05, 4.69) is 20.8 Å². The minimum atomic E-state index is -4.06. The first-order valence-corrected chi connectivity index (χ1v) is 7.90. The molecule has 1 heterocycles. The average Bonchev–Trinajstić information content (AvgIpc) is 2.42. The van der Waals surface area contributed by atoms with Crippen molar-refractivity contribution < 1.29 is 17.9 Å². The Morgan fingerprint density at radius 1 is 1.29 bits per heavy atom. The molecule has 0 N–H and O–H groups in total. The second-order valence-electron chi connectivity index (χ2n) is 5.24. The molecule has 21 heavy (non-hydrogen) atoms. The summed E-state index contributed by atoms with van der Waals surface area (Å²) >= 11 is 3.50. The van der Waals surface area contributed by atoms with Crippen LogP contribution in [0.3, 0.4) is 0 Å². The fourth-order valence-corrected chi connectivity index (χ4v) is 3.10. The van der Waals surface area contributed by atoms with Crippen molar-refractivity contribution in [2.75, 3.05) is 19.7 Å². The molecule has 2 nitrogen and oxygen atoms in total. The molecule has 0 aliphatic carbocycles. The third kappa shape index (κ3) is 4.36. The lowest BCUT2D eigenvalue weighted by Crippen LogP contribution is -2.38. The zero-order chi connectivity index (χ0) is 15.5. The van der Waals surface area contributed by atoms with Gasteiger partial charge in [-0.1, -0.05) is 22.0 Å². The minimum Gasteiger partial charge on any atom is -0.494 e. The summed E-state index contributed by atoms with van der Waals surface area (Å²) in [6, 6.07) is 5.72. The Morgan fingerprint density at radius 3 is 2.52 bits per heavy atom. The molecule has 6 heteroatoms. The second-order valence-corrected chi connectivity index (χ2v) is 6.10. The number of hydrogen-bond acceptors (Lipinski definition) is 2. The Labute approximate surface area is 131 Å². The van der Waals surface area contributed by atoms with Crippen molar-refractivity contribution in [3.63, 3.8) is 0 Å². The van der Waals surface area contributed by atoms with Gasteiger partial charge in [0.05, 0.1) is 12.5 Å². The summed E-state index contributed by atoms with van der Waals surface area (Å²) in [5.41, 5.74) is 1.00. The molecule has 0 spiro atoms. The molecule has 1 saturated heterocycles. The summed E-state index contributed by atoms with van der Waals surface area (Å²) in [5, 5.41) is 0. The van der Waals surface area contributed by atoms with E-state index in [1.807, 2.05) is 25.1 Å². The van der Waals surface area contributed by atoms with Gasteiger partial charge in [-0.2, -0.15) is 13.2 Å². The first-order chi connectivity index (χ1) is 9.91. The van der Waals surface area contributed by atoms with E-state index in [1.165, 1.54) is 0 Å². The summed E-state index contributed by atoms with van der Waals surface area (Å²) in [5.74, 6) is -0.357. The summed E-state index contributed by atoms with van der Waals surface area (Å²) in [6.07, 6.45) is -3.70. The molecule has 1 aromatic carbocycles. The molecule has 0 unspecified atom stereocenters. The largest absolute Gasteiger partial charge is 0.494 e. The molecule has 118 valence electrons. The van der Waals surface area contributed by atoms with Crippen molar-refractivity contribution >= 4 is 15.9 Å². The lowest BCUT2D eigenvalue weighted by Gasteiger charge is -2.33. The number of ether oxygens (including phenoxy) is 1. The zero-order valence-corrected chi connectivity index (χ0v) is 13.5. The highest BCUT2D eigenvalue weighted by Crippen LogP contribution is 2.35. The van der Waals surface area contributed by atoms with Gasteiger partial charge < -0.3 is 4.74 Å². The molecule has 2 rings (SSSR count). The van der Waals surface area contributed by atoms with Crippen molar-refractivity contribution in [2.45, 2.75) is 32.5 Å². The molecule has 0 atom stereocenters. The topological polar surface area (TPSA) is 12.5 Å². The standard InChI is InChI=1S/C15H19BrF3NO/c1-2-21-14-5-3-4-13(16)12(14)10-20-8-6-11(7-9-20)15(17,18)19/h3-5,11H,2,6-10H2,1H3. The Balaban J connectivity index is 2.01. The van der Waals surface area contributed by atoms with Crippen LogP contribution in [0.4, 0.5) is 13.2 Å². The van der Waals surface area contributed by atoms with Crippen LogP contribution >= 0.6 is 15.9 Å². The smallest absolute Gasteiger partial charge is 0.391 e. The summed E-state index contributed by atoms with van der Waals surface area (Å²) < 4.78 is 44.6. The van der Waals surface area contributed by atoms with E-state index >= 15 is 0 Å². The van der Waals surface area contributed by atoms with Crippen LogP contribution in [0.25, 0.3) is 0 Å². The molecule has 0 saturated carbocycles. The van der Waals surface area contributed by atoms with Gasteiger partial charge in [0.2, 0.25) is 0 Å². The normalized spacial score (nSPS) is 18.0. The van der Waals surface area contributed by atoms with Crippen LogP contribution in [0, 0.1) is 5.92 Å². The SMILES string of the molecule is CCOc1cccc(Br)c1CN1CCC(C(F)(F)F)CC1. The maximum atomic E-state index is 12.7. The van der Waals surface area contributed by atoms with Gasteiger partial charge in [0.15, 0.2) is 0 Å². The van der Waals surface area contributed by atoms with Gasteiger partial charge >= 0.3 is 6.18 Å². The predicted octanol–water partition coefficient (Wildman–Crippen LogP) is 4.62. The first-order valence-electron chi connectivity index (χ1n) is 7.11. The molecular formula is C15H19BrF3NO. The van der Waals surface area contributed by atoms with Gasteiger partial charge in [0.25, 0.3) is 0 Å². The Morgan fingerprint density at radius 2 is 1.95 bits per heavy atom. The third-order valence-electron chi connectivity index (χ3n) is 3.81. The lowest BCUT2D eigenvalue weighted by atomic mass is 9.96. The summed E-state index contributed by atoms with van der Waals surface area (Å²) in [7, 11) is 0. The van der Waals surface area contributed by atoms with Gasteiger partial charge in [0, 0.05) is 16.6 Å². The van der Waals surface area contributed by atoms with Crippen LogP contribution in [0.5, 0.6) is 5.75 Å². The Kier molecular flexibility index (Phi) is 5.54. The number of halogens is 4. The number of likely N-dealkylation sites (tertiary alicyclic amines) is 1. The zero-order valence-electron chi connectivity index (χ0n) is 11.9. The minimum absolute atomic E-state index is 0.178. The van der Waals surface area contributed by atoms with Gasteiger partial charge in [-0.15, -0.1) is 0 Å². The fourth-order valence-electron chi connectivity index (χ4n) is 2.63. The first kappa shape index (κ1) is 16.6. The number of hydrogen-bond donors (Lipinski definition) is 0. The fraction of sp³-hybridized carbons (Fsp3) is 0.600. The van der Waals surface area contributed by atoms with Crippen molar-refractivity contribution in [2.24, 2.45) is 5.92 Å². The predicted molar refractivity (Wildman–Crippen MR) is 79.4 cm³/mol. The third-order valence-corrected chi connectivity index (χ3v) is 4.55. The quantitative estimate of drug-likeness (QED) is 0.771. The molecular weight excluding hydrogens is 347 g/mol. The molecule has 0 amide bonds. The van der Waals surface area contributed by atoms with E-state index in [0.29, 0.717) is 26.2 Å². The average molecular weight is 366 g/mol. The summed E-state index contributed by atoms with van der Waals surface area (Å²) in [4.78, 5) is 2.06. The maximum Gasteiger partial charge on any atom is 0.391 e. The highest BCUT2D eigenvalue weighted by Gasteiger charge is 2.41. The highest BCUT2D eigenvalue weighted by atomic mass is 79.9. The summed E-state index contributed by atoms with van der Waals surface area (Å²) in [6.45, 7) is 4.04. The van der Waals surface area contributed by atoms with Crippen LogP contribution in [0.1, 0.15) is 25.3 Å². The Bertz CT molecular complexity index is 470. The maximum absolute atomic E-state index is 12.7. The molecule has 1 aliphatic rings. The van der Waals surface area contributed by atoms with Crippen LogP contribution in [-0.4, -0.2) is 30.8 Å². The van der Waals surface area contributed by atoms with Crippen LogP contribution in [0.15, 0.2) is 22.7 Å². The van der Waals surface area contributed by atoms with Crippen LogP contribution < -0.4 is 4.74 Å². The van der Waals surface area contributed by atoms with Crippen molar-refractivity contribution in [1.29, 1.82) is 0 Å². The van der Waals surface area contributed by atoms with Crippen LogP contribution in [0.2, 0.25) is 0 Å². The molecule has 0 radical (unpaired) electrons. The molecule has 0 bridgehead atoms. The molecule has 1 aromatic rings. The van der Waals surface area contributed by atoms with E-state index in [1.54, 1.807) is 0 Å². The van der Waals surface area contributed by atoms with E-state index in [9.17, 15) is 13.2 Å². The molecule has 1 aliphatic heterocycles. The number of nitrogens with zero attached hydrogens (tertiary/aromatic N) is 1. The van der Waals surface area contributed by atoms with Gasteiger partial charge in [-0.05, 0) is 45.0 Å². The van der Waals surface area contributed by atoms with E-state index in [0.717, 1.165) is 15.8 Å². The van der Waals surface area contributed by atoms with E-state index in [-0.39, 0.29) is 12.8 Å². The van der Waals surface area contributed by atoms with Crippen LogP contribution in [-0.2, 0) is 6.54 Å². The number of rotatable bonds is 4.